The molecule has 0 aromatic carbocycles. The summed E-state index contributed by atoms with van der Waals surface area (Å²) in [6, 6.07) is 0.568. The summed E-state index contributed by atoms with van der Waals surface area (Å²) < 4.78 is 39.6. The van der Waals surface area contributed by atoms with Gasteiger partial charge in [0.1, 0.15) is 0 Å². The van der Waals surface area contributed by atoms with Gasteiger partial charge in [0.25, 0.3) is 0 Å². The topological polar surface area (TPSA) is 44.4 Å². The second kappa shape index (κ2) is 6.96. The third-order valence-corrected chi connectivity index (χ3v) is 4.11. The Labute approximate surface area is 124 Å². The predicted octanol–water partition coefficient (Wildman–Crippen LogP) is 1.76. The molecule has 1 unspecified atom stereocenters. The van der Waals surface area contributed by atoms with Crippen LogP contribution >= 0.6 is 0 Å². The van der Waals surface area contributed by atoms with Crippen LogP contribution in [0.5, 0.6) is 0 Å². The zero-order valence-corrected chi connectivity index (χ0v) is 13.2. The zero-order valence-electron chi connectivity index (χ0n) is 13.2. The molecule has 0 aromatic rings. The van der Waals surface area contributed by atoms with Gasteiger partial charge in [-0.15, -0.1) is 0 Å². The fourth-order valence-corrected chi connectivity index (χ4v) is 2.84. The Hall–Kier alpha value is -0.820. The van der Waals surface area contributed by atoms with Crippen LogP contribution in [0.1, 0.15) is 34.1 Å². The van der Waals surface area contributed by atoms with E-state index >= 15 is 0 Å². The molecule has 1 amide bonds. The molecular formula is C14H26F3N3O. The second-order valence-corrected chi connectivity index (χ2v) is 6.19. The molecule has 124 valence electrons. The monoisotopic (exact) mass is 309 g/mol. The van der Waals surface area contributed by atoms with E-state index in [1.54, 1.807) is 0 Å². The van der Waals surface area contributed by atoms with Crippen molar-refractivity contribution in [3.63, 3.8) is 0 Å². The molecule has 21 heavy (non-hydrogen) atoms. The van der Waals surface area contributed by atoms with Crippen LogP contribution in [0.25, 0.3) is 0 Å². The Bertz CT molecular complexity index is 342. The van der Waals surface area contributed by atoms with E-state index < -0.39 is 17.5 Å². The van der Waals surface area contributed by atoms with Crippen molar-refractivity contribution < 1.29 is 18.0 Å². The van der Waals surface area contributed by atoms with Crippen molar-refractivity contribution in [2.24, 2.45) is 5.41 Å². The summed E-state index contributed by atoms with van der Waals surface area (Å²) in [5.74, 6) is -0.910. The Morgan fingerprint density at radius 2 is 1.86 bits per heavy atom. The number of rotatable bonds is 6. The Morgan fingerprint density at radius 1 is 1.29 bits per heavy atom. The molecule has 1 rings (SSSR count). The maximum atomic E-state index is 13.2. The van der Waals surface area contributed by atoms with E-state index in [9.17, 15) is 18.0 Å². The van der Waals surface area contributed by atoms with E-state index in [1.165, 1.54) is 0 Å². The van der Waals surface area contributed by atoms with E-state index in [4.69, 9.17) is 0 Å². The van der Waals surface area contributed by atoms with Gasteiger partial charge in [-0.1, -0.05) is 0 Å². The summed E-state index contributed by atoms with van der Waals surface area (Å²) in [6.07, 6.45) is -4.71. The van der Waals surface area contributed by atoms with Crippen LogP contribution < -0.4 is 10.6 Å². The third kappa shape index (κ3) is 4.10. The van der Waals surface area contributed by atoms with Gasteiger partial charge in [-0.25, -0.2) is 0 Å². The largest absolute Gasteiger partial charge is 0.404 e. The first-order chi connectivity index (χ1) is 9.62. The molecule has 7 heteroatoms. The third-order valence-electron chi connectivity index (χ3n) is 4.11. The molecule has 1 aliphatic heterocycles. The highest BCUT2D eigenvalue weighted by molar-refractivity contribution is 5.84. The maximum Gasteiger partial charge on any atom is 0.404 e. The lowest BCUT2D eigenvalue weighted by molar-refractivity contribution is -0.216. The van der Waals surface area contributed by atoms with Crippen LogP contribution in [-0.2, 0) is 4.79 Å². The van der Waals surface area contributed by atoms with Crippen LogP contribution in [0, 0.1) is 5.41 Å². The fourth-order valence-electron chi connectivity index (χ4n) is 2.84. The van der Waals surface area contributed by atoms with Gasteiger partial charge in [0.15, 0.2) is 5.41 Å². The Kier molecular flexibility index (Phi) is 6.04. The number of nitrogens with one attached hydrogen (secondary N) is 2. The molecule has 1 aliphatic rings. The van der Waals surface area contributed by atoms with Crippen molar-refractivity contribution in [1.29, 1.82) is 0 Å². The van der Waals surface area contributed by atoms with Gasteiger partial charge in [0.05, 0.1) is 0 Å². The summed E-state index contributed by atoms with van der Waals surface area (Å²) in [4.78, 5) is 14.2. The van der Waals surface area contributed by atoms with Gasteiger partial charge in [-0.3, -0.25) is 9.69 Å². The van der Waals surface area contributed by atoms with Crippen molar-refractivity contribution in [3.8, 4) is 0 Å². The molecule has 0 spiro atoms. The average Bonchev–Trinajstić information content (AvgIpc) is 2.83. The highest BCUT2D eigenvalue weighted by atomic mass is 19.4. The molecule has 1 fully saturated rings. The van der Waals surface area contributed by atoms with Gasteiger partial charge >= 0.3 is 6.18 Å². The number of nitrogens with zero attached hydrogens (tertiary/aromatic N) is 1. The van der Waals surface area contributed by atoms with Gasteiger partial charge in [-0.05, 0) is 40.7 Å². The minimum Gasteiger partial charge on any atom is -0.354 e. The first kappa shape index (κ1) is 18.2. The van der Waals surface area contributed by atoms with E-state index in [0.29, 0.717) is 6.54 Å². The molecule has 0 aromatic heterocycles. The number of hydrogen-bond acceptors (Lipinski definition) is 3. The molecular weight excluding hydrogens is 283 g/mol. The molecule has 4 nitrogen and oxygen atoms in total. The second-order valence-electron chi connectivity index (χ2n) is 6.19. The van der Waals surface area contributed by atoms with E-state index in [1.807, 2.05) is 27.7 Å². The number of amides is 1. The van der Waals surface area contributed by atoms with Crippen LogP contribution in [0.2, 0.25) is 0 Å². The molecule has 0 saturated carbocycles. The lowest BCUT2D eigenvalue weighted by atomic mass is 9.85. The van der Waals surface area contributed by atoms with E-state index in [0.717, 1.165) is 0 Å². The van der Waals surface area contributed by atoms with Gasteiger partial charge < -0.3 is 10.6 Å². The molecule has 2 N–H and O–H groups in total. The number of halogens is 3. The molecule has 0 radical (unpaired) electrons. The van der Waals surface area contributed by atoms with Gasteiger partial charge in [0, 0.05) is 31.7 Å². The number of alkyl halides is 3. The number of carbonyl (C=O) groups excluding carboxylic acids is 1. The smallest absolute Gasteiger partial charge is 0.354 e. The normalized spacial score (nSPS) is 23.3. The maximum absolute atomic E-state index is 13.2. The van der Waals surface area contributed by atoms with Crippen molar-refractivity contribution >= 4 is 5.91 Å². The molecule has 0 aliphatic carbocycles. The first-order valence-corrected chi connectivity index (χ1v) is 7.43. The highest BCUT2D eigenvalue weighted by Crippen LogP contribution is 2.43. The predicted molar refractivity (Wildman–Crippen MR) is 76.0 cm³/mol. The zero-order chi connectivity index (χ0) is 16.3. The fraction of sp³-hybridized carbons (Fsp3) is 0.929. The molecule has 1 saturated heterocycles. The van der Waals surface area contributed by atoms with Gasteiger partial charge in [0.2, 0.25) is 5.91 Å². The first-order valence-electron chi connectivity index (χ1n) is 7.43. The summed E-state index contributed by atoms with van der Waals surface area (Å²) in [5, 5.41) is 5.12. The van der Waals surface area contributed by atoms with E-state index in [2.05, 4.69) is 15.5 Å². The van der Waals surface area contributed by atoms with Gasteiger partial charge in [-0.2, -0.15) is 13.2 Å². The average molecular weight is 309 g/mol. The quantitative estimate of drug-likeness (QED) is 0.786. The summed E-state index contributed by atoms with van der Waals surface area (Å²) in [7, 11) is 0. The summed E-state index contributed by atoms with van der Waals surface area (Å²) in [6.45, 7) is 8.77. The highest BCUT2D eigenvalue weighted by Gasteiger charge is 2.61. The molecule has 1 heterocycles. The van der Waals surface area contributed by atoms with E-state index in [-0.39, 0.29) is 38.1 Å². The SMILES string of the molecule is CC(C)N(CCNC(=O)C1(C(F)(F)F)CCNC1)C(C)C. The minimum atomic E-state index is -4.52. The summed E-state index contributed by atoms with van der Waals surface area (Å²) in [5.41, 5.74) is -2.27. The van der Waals surface area contributed by atoms with Crippen molar-refractivity contribution in [1.82, 2.24) is 15.5 Å². The number of carbonyl (C=O) groups is 1. The lowest BCUT2D eigenvalue weighted by Crippen LogP contribution is -2.53. The van der Waals surface area contributed by atoms with Crippen LogP contribution in [0.15, 0.2) is 0 Å². The van der Waals surface area contributed by atoms with Crippen molar-refractivity contribution in [3.05, 3.63) is 0 Å². The van der Waals surface area contributed by atoms with Crippen LogP contribution in [0.4, 0.5) is 13.2 Å². The molecule has 1 atom stereocenters. The van der Waals surface area contributed by atoms with Crippen molar-refractivity contribution in [2.45, 2.75) is 52.4 Å². The van der Waals surface area contributed by atoms with Crippen LogP contribution in [0.3, 0.4) is 0 Å². The standard InChI is InChI=1S/C14H26F3N3O/c1-10(2)20(11(3)4)8-7-19-12(21)13(14(15,16)17)5-6-18-9-13/h10-11,18H,5-9H2,1-4H3,(H,19,21). The Morgan fingerprint density at radius 3 is 2.24 bits per heavy atom. The number of hydrogen-bond donors (Lipinski definition) is 2. The Balaban J connectivity index is 2.60. The summed E-state index contributed by atoms with van der Waals surface area (Å²) >= 11 is 0. The lowest BCUT2D eigenvalue weighted by Gasteiger charge is -2.32. The van der Waals surface area contributed by atoms with Crippen LogP contribution in [-0.4, -0.2) is 55.2 Å². The minimum absolute atomic E-state index is 0.194. The molecule has 0 bridgehead atoms. The van der Waals surface area contributed by atoms with Crippen molar-refractivity contribution in [2.75, 3.05) is 26.2 Å².